The molecule has 0 radical (unpaired) electrons. The highest BCUT2D eigenvalue weighted by molar-refractivity contribution is 7.20. The van der Waals surface area contributed by atoms with Gasteiger partial charge in [-0.15, -0.1) is 0 Å². The minimum Gasteiger partial charge on any atom is -0.420 e. The first-order chi connectivity index (χ1) is 9.42. The summed E-state index contributed by atoms with van der Waals surface area (Å²) >= 11 is 1.67. The quantitative estimate of drug-likeness (QED) is 0.405. The molecule has 0 saturated carbocycles. The van der Waals surface area contributed by atoms with E-state index in [4.69, 9.17) is 4.42 Å². The topological polar surface area (TPSA) is 42.8 Å². The van der Waals surface area contributed by atoms with Crippen molar-refractivity contribution in [1.29, 1.82) is 0 Å². The Bertz CT molecular complexity index is 954. The monoisotopic (exact) mass is 266 g/mol. The molecule has 0 bridgehead atoms. The summed E-state index contributed by atoms with van der Waals surface area (Å²) in [5, 5.41) is 2.31. The number of hydrogen-bond donors (Lipinski definition) is 0. The Labute approximate surface area is 112 Å². The molecule has 0 atom stereocenters. The fourth-order valence-corrected chi connectivity index (χ4v) is 3.92. The van der Waals surface area contributed by atoms with E-state index in [1.807, 2.05) is 18.5 Å². The van der Waals surface area contributed by atoms with E-state index >= 15 is 0 Å². The third-order valence-electron chi connectivity index (χ3n) is 3.58. The first-order valence-corrected chi connectivity index (χ1v) is 6.86. The Morgan fingerprint density at radius 3 is 3.26 bits per heavy atom. The lowest BCUT2D eigenvalue weighted by atomic mass is 10.2. The number of thiazole rings is 1. The van der Waals surface area contributed by atoms with E-state index in [2.05, 4.69) is 26.7 Å². The van der Waals surface area contributed by atoms with Crippen LogP contribution in [0.15, 0.2) is 41.2 Å². The van der Waals surface area contributed by atoms with E-state index < -0.39 is 0 Å². The van der Waals surface area contributed by atoms with Gasteiger partial charge in [-0.1, -0.05) is 0 Å². The number of aromatic nitrogens is 3. The Hall–Kier alpha value is -2.27. The minimum absolute atomic E-state index is 0.716. The van der Waals surface area contributed by atoms with Gasteiger partial charge >= 0.3 is 0 Å². The number of hydrogen-bond acceptors (Lipinski definition) is 4. The Balaban J connectivity index is 1.94. The Morgan fingerprint density at radius 1 is 1.26 bits per heavy atom. The van der Waals surface area contributed by atoms with Gasteiger partial charge in [0.25, 0.3) is 15.4 Å². The van der Waals surface area contributed by atoms with Gasteiger partial charge in [0.2, 0.25) is 5.71 Å². The lowest BCUT2D eigenvalue weighted by Gasteiger charge is -1.88. The van der Waals surface area contributed by atoms with Crippen LogP contribution < -0.4 is 4.57 Å². The molecule has 4 nitrogen and oxygen atoms in total. The minimum atomic E-state index is 0.716. The zero-order chi connectivity index (χ0) is 12.4. The van der Waals surface area contributed by atoms with Crippen molar-refractivity contribution in [3.8, 4) is 10.6 Å². The van der Waals surface area contributed by atoms with E-state index in [1.54, 1.807) is 17.5 Å². The predicted molar refractivity (Wildman–Crippen MR) is 71.9 cm³/mol. The summed E-state index contributed by atoms with van der Waals surface area (Å²) in [6.45, 7) is 0.886. The first kappa shape index (κ1) is 9.63. The maximum absolute atomic E-state index is 5.83. The molecule has 0 spiro atoms. The van der Waals surface area contributed by atoms with Crippen LogP contribution in [0.5, 0.6) is 0 Å². The summed E-state index contributed by atoms with van der Waals surface area (Å²) in [4.78, 5) is 9.44. The van der Waals surface area contributed by atoms with Gasteiger partial charge < -0.3 is 4.42 Å². The normalized spacial score (nSPS) is 13.1. The molecule has 5 heteroatoms. The molecule has 0 aromatic carbocycles. The standard InChI is InChI=1S/C14H8N3OS/c1-2-9-11-14(18-12(9)16-4-1)19-13-10-6-15-5-3-8(10)7-17(11)13/h1-6H,7H2/q+1. The van der Waals surface area contributed by atoms with Gasteiger partial charge in [0, 0.05) is 24.2 Å². The number of nitrogens with zero attached hydrogens (tertiary/aromatic N) is 3. The summed E-state index contributed by atoms with van der Waals surface area (Å²) in [5.74, 6) is 0. The van der Waals surface area contributed by atoms with Crippen molar-refractivity contribution in [3.63, 3.8) is 0 Å². The summed E-state index contributed by atoms with van der Waals surface area (Å²) < 4.78 is 8.14. The van der Waals surface area contributed by atoms with Crippen LogP contribution in [0.4, 0.5) is 0 Å². The molecular formula is C14H8N3OS+. The molecule has 1 aliphatic rings. The van der Waals surface area contributed by atoms with Gasteiger partial charge in [0.15, 0.2) is 6.54 Å². The van der Waals surface area contributed by atoms with Gasteiger partial charge in [0.1, 0.15) is 5.39 Å². The van der Waals surface area contributed by atoms with E-state index in [9.17, 15) is 0 Å². The Morgan fingerprint density at radius 2 is 2.26 bits per heavy atom. The van der Waals surface area contributed by atoms with Crippen LogP contribution in [-0.4, -0.2) is 9.97 Å². The van der Waals surface area contributed by atoms with Crippen LogP contribution in [-0.2, 0) is 6.54 Å². The summed E-state index contributed by atoms with van der Waals surface area (Å²) in [7, 11) is 0. The van der Waals surface area contributed by atoms with E-state index in [0.29, 0.717) is 5.71 Å². The zero-order valence-corrected chi connectivity index (χ0v) is 10.6. The van der Waals surface area contributed by atoms with Crippen LogP contribution in [0.3, 0.4) is 0 Å². The fraction of sp³-hybridized carbons (Fsp3) is 0.0714. The maximum Gasteiger partial charge on any atom is 0.275 e. The number of fused-ring (bicyclic) bond motifs is 7. The summed E-state index contributed by atoms with van der Waals surface area (Å²) in [6, 6.07) is 6.10. The summed E-state index contributed by atoms with van der Waals surface area (Å²) in [5.41, 5.74) is 4.41. The molecule has 4 aromatic rings. The van der Waals surface area contributed by atoms with Crippen molar-refractivity contribution in [3.05, 3.63) is 42.4 Å². The molecule has 0 amide bonds. The number of furan rings is 1. The van der Waals surface area contributed by atoms with E-state index in [-0.39, 0.29) is 0 Å². The molecule has 0 unspecified atom stereocenters. The first-order valence-electron chi connectivity index (χ1n) is 6.05. The van der Waals surface area contributed by atoms with E-state index in [0.717, 1.165) is 22.3 Å². The van der Waals surface area contributed by atoms with Crippen LogP contribution in [0.2, 0.25) is 0 Å². The second kappa shape index (κ2) is 3.19. The molecule has 4 aromatic heterocycles. The van der Waals surface area contributed by atoms with E-state index in [1.165, 1.54) is 16.1 Å². The lowest BCUT2D eigenvalue weighted by Crippen LogP contribution is -2.30. The molecule has 5 heterocycles. The Kier molecular flexibility index (Phi) is 1.62. The second-order valence-electron chi connectivity index (χ2n) is 4.62. The molecule has 5 rings (SSSR count). The average Bonchev–Trinajstić information content (AvgIpc) is 3.05. The van der Waals surface area contributed by atoms with Crippen LogP contribution in [0, 0.1) is 0 Å². The van der Waals surface area contributed by atoms with Gasteiger partial charge in [-0.25, -0.2) is 4.98 Å². The smallest absolute Gasteiger partial charge is 0.275 e. The molecular weight excluding hydrogens is 258 g/mol. The lowest BCUT2D eigenvalue weighted by molar-refractivity contribution is -0.641. The molecule has 19 heavy (non-hydrogen) atoms. The summed E-state index contributed by atoms with van der Waals surface area (Å²) in [6.07, 6.45) is 5.55. The van der Waals surface area contributed by atoms with Crippen molar-refractivity contribution in [2.45, 2.75) is 6.54 Å². The van der Waals surface area contributed by atoms with Crippen molar-refractivity contribution >= 4 is 32.8 Å². The van der Waals surface area contributed by atoms with Gasteiger partial charge in [-0.05, 0) is 29.5 Å². The molecule has 0 aliphatic carbocycles. The van der Waals surface area contributed by atoms with Gasteiger partial charge in [0.05, 0.1) is 5.56 Å². The second-order valence-corrected chi connectivity index (χ2v) is 5.58. The SMILES string of the molecule is c1cnc2oc3sc4[n+](c3c2c1)Cc1ccncc1-4. The third-order valence-corrected chi connectivity index (χ3v) is 4.68. The van der Waals surface area contributed by atoms with Gasteiger partial charge in [-0.3, -0.25) is 4.98 Å². The maximum atomic E-state index is 5.83. The van der Waals surface area contributed by atoms with Crippen molar-refractivity contribution in [2.75, 3.05) is 0 Å². The molecule has 0 N–H and O–H groups in total. The largest absolute Gasteiger partial charge is 0.420 e. The van der Waals surface area contributed by atoms with Crippen LogP contribution in [0.25, 0.3) is 32.1 Å². The molecule has 1 aliphatic heterocycles. The zero-order valence-electron chi connectivity index (χ0n) is 9.83. The highest BCUT2D eigenvalue weighted by Crippen LogP contribution is 2.38. The highest BCUT2D eigenvalue weighted by Gasteiger charge is 2.35. The van der Waals surface area contributed by atoms with Crippen molar-refractivity contribution in [1.82, 2.24) is 9.97 Å². The third kappa shape index (κ3) is 1.11. The number of pyridine rings is 2. The predicted octanol–water partition coefficient (Wildman–Crippen LogP) is 2.75. The van der Waals surface area contributed by atoms with Gasteiger partial charge in [-0.2, -0.15) is 4.57 Å². The molecule has 90 valence electrons. The van der Waals surface area contributed by atoms with Crippen molar-refractivity contribution < 1.29 is 8.98 Å². The van der Waals surface area contributed by atoms with Crippen molar-refractivity contribution in [2.24, 2.45) is 0 Å². The van der Waals surface area contributed by atoms with Crippen LogP contribution in [0.1, 0.15) is 5.56 Å². The average molecular weight is 266 g/mol. The molecule has 0 fully saturated rings. The highest BCUT2D eigenvalue weighted by atomic mass is 32.1. The van der Waals surface area contributed by atoms with Crippen LogP contribution >= 0.6 is 11.3 Å². The number of rotatable bonds is 0. The molecule has 0 saturated heterocycles. The fourth-order valence-electron chi connectivity index (χ4n) is 2.74.